The Hall–Kier alpha value is -3.36. The number of nitrogens with zero attached hydrogens (tertiary/aromatic N) is 5. The number of urea groups is 1. The predicted octanol–water partition coefficient (Wildman–Crippen LogP) is 6.09. The summed E-state index contributed by atoms with van der Waals surface area (Å²) in [6.07, 6.45) is -0.579. The Morgan fingerprint density at radius 1 is 0.947 bits per heavy atom. The van der Waals surface area contributed by atoms with E-state index in [-0.39, 0.29) is 24.2 Å². The number of carbonyl (C=O) groups excluding carboxylic acids is 3. The highest BCUT2D eigenvalue weighted by Gasteiger charge is 2.47. The first kappa shape index (κ1) is 26.3. The van der Waals surface area contributed by atoms with Gasteiger partial charge >= 0.3 is 6.03 Å². The maximum absolute atomic E-state index is 14.2. The number of benzene rings is 2. The number of hydrogen-bond acceptors (Lipinski definition) is 4. The molecule has 0 radical (unpaired) electrons. The molecule has 0 aliphatic carbocycles. The fourth-order valence-electron chi connectivity index (χ4n) is 5.53. The van der Waals surface area contributed by atoms with Crippen LogP contribution in [0.4, 0.5) is 10.5 Å². The smallest absolute Gasteiger partial charge is 0.304 e. The zero-order valence-electron chi connectivity index (χ0n) is 22.1. The van der Waals surface area contributed by atoms with Crippen LogP contribution in [0.25, 0.3) is 0 Å². The van der Waals surface area contributed by atoms with E-state index in [2.05, 4.69) is 0 Å². The zero-order valence-corrected chi connectivity index (χ0v) is 23.6. The molecule has 2 aromatic carbocycles. The summed E-state index contributed by atoms with van der Waals surface area (Å²) in [6, 6.07) is 10.2. The average molecular weight is 554 g/mol. The molecular formula is C28H29Cl2N5O3. The first-order chi connectivity index (χ1) is 17.9. The van der Waals surface area contributed by atoms with E-state index in [0.717, 1.165) is 32.8 Å². The van der Waals surface area contributed by atoms with Gasteiger partial charge in [-0.2, -0.15) is 5.10 Å². The molecule has 4 amide bonds. The monoisotopic (exact) mass is 553 g/mol. The lowest BCUT2D eigenvalue weighted by Crippen LogP contribution is -2.52. The van der Waals surface area contributed by atoms with Crippen LogP contribution < -0.4 is 4.90 Å². The molecule has 1 saturated heterocycles. The lowest BCUT2D eigenvalue weighted by Gasteiger charge is -2.38. The quantitative estimate of drug-likeness (QED) is 0.391. The normalized spacial score (nSPS) is 19.7. The summed E-state index contributed by atoms with van der Waals surface area (Å²) >= 11 is 12.7. The Balaban J connectivity index is 1.77. The summed E-state index contributed by atoms with van der Waals surface area (Å²) in [5, 5.41) is 5.94. The summed E-state index contributed by atoms with van der Waals surface area (Å²) in [7, 11) is 3.12. The van der Waals surface area contributed by atoms with Crippen LogP contribution in [-0.4, -0.2) is 51.5 Å². The highest BCUT2D eigenvalue weighted by molar-refractivity contribution is 6.31. The third-order valence-electron chi connectivity index (χ3n) is 7.49. The van der Waals surface area contributed by atoms with Crippen molar-refractivity contribution in [1.29, 1.82) is 0 Å². The Kier molecular flexibility index (Phi) is 6.52. The van der Waals surface area contributed by atoms with Crippen LogP contribution in [0.3, 0.4) is 0 Å². The van der Waals surface area contributed by atoms with Gasteiger partial charge in [0.2, 0.25) is 5.91 Å². The maximum atomic E-state index is 14.2. The van der Waals surface area contributed by atoms with Crippen LogP contribution in [0.1, 0.15) is 76.8 Å². The first-order valence-electron chi connectivity index (χ1n) is 12.4. The molecule has 1 aromatic heterocycles. The SMILES string of the molecule is Cc1cc(Cl)ccc1C1c2c(nn(C3CC(=O)N(C)C(=O)N3C)c2C(C)C)C(=O)N1c1cc(Cl)ccc1C. The van der Waals surface area contributed by atoms with Gasteiger partial charge < -0.3 is 4.90 Å². The number of imide groups is 1. The summed E-state index contributed by atoms with van der Waals surface area (Å²) in [5.74, 6) is -0.623. The third-order valence-corrected chi connectivity index (χ3v) is 7.96. The van der Waals surface area contributed by atoms with Gasteiger partial charge in [-0.05, 0) is 60.7 Å². The lowest BCUT2D eigenvalue weighted by atomic mass is 9.91. The summed E-state index contributed by atoms with van der Waals surface area (Å²) in [5.41, 5.74) is 5.31. The van der Waals surface area contributed by atoms with E-state index in [1.54, 1.807) is 28.8 Å². The van der Waals surface area contributed by atoms with Crippen LogP contribution in [-0.2, 0) is 4.79 Å². The van der Waals surface area contributed by atoms with Crippen LogP contribution in [0, 0.1) is 13.8 Å². The highest BCUT2D eigenvalue weighted by Crippen LogP contribution is 2.48. The van der Waals surface area contributed by atoms with Crippen molar-refractivity contribution in [3.8, 4) is 0 Å². The number of rotatable bonds is 4. The van der Waals surface area contributed by atoms with Gasteiger partial charge in [-0.3, -0.25) is 19.4 Å². The molecule has 3 heterocycles. The molecule has 0 bridgehead atoms. The second kappa shape index (κ2) is 9.43. The summed E-state index contributed by atoms with van der Waals surface area (Å²) in [4.78, 5) is 44.0. The highest BCUT2D eigenvalue weighted by atomic mass is 35.5. The van der Waals surface area contributed by atoms with Crippen molar-refractivity contribution in [2.24, 2.45) is 0 Å². The van der Waals surface area contributed by atoms with E-state index in [1.807, 2.05) is 52.0 Å². The molecule has 38 heavy (non-hydrogen) atoms. The van der Waals surface area contributed by atoms with Crippen molar-refractivity contribution >= 4 is 46.7 Å². The molecule has 2 aliphatic heterocycles. The Bertz CT molecular complexity index is 1500. The molecule has 10 heteroatoms. The number of aryl methyl sites for hydroxylation is 2. The number of anilines is 1. The minimum atomic E-state index is -0.643. The minimum absolute atomic E-state index is 0.0622. The van der Waals surface area contributed by atoms with Crippen LogP contribution >= 0.6 is 23.2 Å². The van der Waals surface area contributed by atoms with Crippen molar-refractivity contribution in [2.45, 2.75) is 52.2 Å². The average Bonchev–Trinajstić information content (AvgIpc) is 3.37. The van der Waals surface area contributed by atoms with Gasteiger partial charge in [-0.1, -0.05) is 49.2 Å². The van der Waals surface area contributed by atoms with E-state index >= 15 is 0 Å². The van der Waals surface area contributed by atoms with Gasteiger partial charge in [-0.25, -0.2) is 9.48 Å². The van der Waals surface area contributed by atoms with Gasteiger partial charge in [0, 0.05) is 41.1 Å². The molecular weight excluding hydrogens is 525 g/mol. The second-order valence-corrected chi connectivity index (χ2v) is 11.2. The van der Waals surface area contributed by atoms with E-state index in [9.17, 15) is 14.4 Å². The Morgan fingerprint density at radius 3 is 2.26 bits per heavy atom. The number of aromatic nitrogens is 2. The number of halogens is 2. The molecule has 2 atom stereocenters. The fraction of sp³-hybridized carbons (Fsp3) is 0.357. The maximum Gasteiger partial charge on any atom is 0.327 e. The van der Waals surface area contributed by atoms with Gasteiger partial charge in [0.25, 0.3) is 5.91 Å². The molecule has 198 valence electrons. The molecule has 8 nitrogen and oxygen atoms in total. The zero-order chi connectivity index (χ0) is 27.6. The number of fused-ring (bicyclic) bond motifs is 1. The van der Waals surface area contributed by atoms with Gasteiger partial charge in [0.05, 0.1) is 12.5 Å². The summed E-state index contributed by atoms with van der Waals surface area (Å²) in [6.45, 7) is 7.95. The van der Waals surface area contributed by atoms with E-state index in [1.165, 1.54) is 11.9 Å². The van der Waals surface area contributed by atoms with Crippen LogP contribution in [0.15, 0.2) is 36.4 Å². The van der Waals surface area contributed by atoms with E-state index < -0.39 is 18.2 Å². The molecule has 5 rings (SSSR count). The van der Waals surface area contributed by atoms with E-state index in [0.29, 0.717) is 21.4 Å². The van der Waals surface area contributed by atoms with Crippen molar-refractivity contribution in [2.75, 3.05) is 19.0 Å². The van der Waals surface area contributed by atoms with Crippen molar-refractivity contribution in [3.05, 3.63) is 80.1 Å². The Morgan fingerprint density at radius 2 is 1.61 bits per heavy atom. The largest absolute Gasteiger partial charge is 0.327 e. The topological polar surface area (TPSA) is 78.8 Å². The van der Waals surface area contributed by atoms with Gasteiger partial charge in [-0.15, -0.1) is 0 Å². The molecule has 2 unspecified atom stereocenters. The second-order valence-electron chi connectivity index (χ2n) is 10.3. The van der Waals surface area contributed by atoms with Crippen molar-refractivity contribution in [3.63, 3.8) is 0 Å². The molecule has 2 aliphatic rings. The number of amides is 4. The molecule has 3 aromatic rings. The Labute approximate surface area is 231 Å². The van der Waals surface area contributed by atoms with Gasteiger partial charge in [0.1, 0.15) is 6.17 Å². The van der Waals surface area contributed by atoms with Crippen LogP contribution in [0.5, 0.6) is 0 Å². The number of hydrogen-bond donors (Lipinski definition) is 0. The minimum Gasteiger partial charge on any atom is -0.304 e. The van der Waals surface area contributed by atoms with E-state index in [4.69, 9.17) is 28.3 Å². The molecule has 0 N–H and O–H groups in total. The van der Waals surface area contributed by atoms with Crippen molar-refractivity contribution in [1.82, 2.24) is 19.6 Å². The number of carbonyl (C=O) groups is 3. The molecule has 0 saturated carbocycles. The first-order valence-corrected chi connectivity index (χ1v) is 13.2. The summed E-state index contributed by atoms with van der Waals surface area (Å²) < 4.78 is 1.70. The standard InChI is InChI=1S/C28H29Cl2N5O3/c1-14(2)25-23-24(31-35(25)21-13-22(36)33(6)28(38)32(21)5)27(37)34(20-12-18(30)8-7-15(20)3)26(23)19-10-9-17(29)11-16(19)4/h7-12,14,21,26H,13H2,1-6H3. The molecule has 0 spiro atoms. The van der Waals surface area contributed by atoms with Gasteiger partial charge in [0.15, 0.2) is 5.69 Å². The van der Waals surface area contributed by atoms with Crippen molar-refractivity contribution < 1.29 is 14.4 Å². The fourth-order valence-corrected chi connectivity index (χ4v) is 5.93. The van der Waals surface area contributed by atoms with Crippen LogP contribution in [0.2, 0.25) is 10.0 Å². The lowest BCUT2D eigenvalue weighted by molar-refractivity contribution is -0.132. The third kappa shape index (κ3) is 3.98. The molecule has 1 fully saturated rings. The predicted molar refractivity (Wildman–Crippen MR) is 147 cm³/mol.